The zero-order valence-corrected chi connectivity index (χ0v) is 9.27. The molecule has 0 aliphatic heterocycles. The normalized spacial score (nSPS) is 10.4. The van der Waals surface area contributed by atoms with E-state index in [9.17, 15) is 4.79 Å². The van der Waals surface area contributed by atoms with Crippen molar-refractivity contribution in [3.63, 3.8) is 0 Å². The molecule has 1 N–H and O–H groups in total. The van der Waals surface area contributed by atoms with Crippen LogP contribution in [0.2, 0.25) is 0 Å². The molecule has 0 spiro atoms. The molecule has 0 unspecified atom stereocenters. The van der Waals surface area contributed by atoms with Gasteiger partial charge in [-0.1, -0.05) is 12.1 Å². The summed E-state index contributed by atoms with van der Waals surface area (Å²) in [7, 11) is 3.15. The van der Waals surface area contributed by atoms with Crippen molar-refractivity contribution in [2.75, 3.05) is 14.2 Å². The van der Waals surface area contributed by atoms with Gasteiger partial charge in [0.25, 0.3) is 0 Å². The Balaban J connectivity index is 2.83. The molecule has 0 bridgehead atoms. The Morgan fingerprint density at radius 1 is 1.38 bits per heavy atom. The summed E-state index contributed by atoms with van der Waals surface area (Å²) in [6.07, 6.45) is 3.20. The molecule has 0 saturated carbocycles. The molecule has 1 aromatic carbocycles. The lowest BCUT2D eigenvalue weighted by molar-refractivity contribution is -0.131. The average molecular weight is 222 g/mol. The number of rotatable bonds is 5. The van der Waals surface area contributed by atoms with Gasteiger partial charge in [0.1, 0.15) is 11.5 Å². The molecule has 0 aliphatic rings. The first-order valence-corrected chi connectivity index (χ1v) is 4.77. The van der Waals surface area contributed by atoms with Gasteiger partial charge in [0.15, 0.2) is 0 Å². The van der Waals surface area contributed by atoms with Crippen molar-refractivity contribution in [2.45, 2.75) is 6.42 Å². The summed E-state index contributed by atoms with van der Waals surface area (Å²) in [5.41, 5.74) is 0.917. The fourth-order valence-corrected chi connectivity index (χ4v) is 1.31. The van der Waals surface area contributed by atoms with E-state index in [0.29, 0.717) is 17.9 Å². The van der Waals surface area contributed by atoms with Crippen molar-refractivity contribution in [3.8, 4) is 11.5 Å². The van der Waals surface area contributed by atoms with Crippen molar-refractivity contribution in [1.82, 2.24) is 0 Å². The number of aliphatic carboxylic acids is 1. The molecule has 1 rings (SSSR count). The van der Waals surface area contributed by atoms with Gasteiger partial charge in [0, 0.05) is 12.1 Å². The first kappa shape index (κ1) is 12.1. The van der Waals surface area contributed by atoms with Gasteiger partial charge in [-0.15, -0.1) is 0 Å². The maximum Gasteiger partial charge on any atom is 0.327 e. The summed E-state index contributed by atoms with van der Waals surface area (Å²) in [5, 5.41) is 8.46. The Morgan fingerprint density at radius 3 is 2.69 bits per heavy atom. The Kier molecular flexibility index (Phi) is 4.39. The lowest BCUT2D eigenvalue weighted by atomic mass is 10.1. The Morgan fingerprint density at radius 2 is 2.12 bits per heavy atom. The highest BCUT2D eigenvalue weighted by Crippen LogP contribution is 2.24. The van der Waals surface area contributed by atoms with E-state index in [4.69, 9.17) is 14.6 Å². The fourth-order valence-electron chi connectivity index (χ4n) is 1.31. The van der Waals surface area contributed by atoms with Crippen LogP contribution in [-0.4, -0.2) is 25.3 Å². The minimum atomic E-state index is -0.951. The second kappa shape index (κ2) is 5.80. The van der Waals surface area contributed by atoms with E-state index in [1.54, 1.807) is 26.4 Å². The minimum Gasteiger partial charge on any atom is -0.497 e. The van der Waals surface area contributed by atoms with Gasteiger partial charge in [-0.05, 0) is 18.1 Å². The number of methoxy groups -OCH3 is 2. The highest BCUT2D eigenvalue weighted by Gasteiger charge is 2.03. The Labute approximate surface area is 94.1 Å². The van der Waals surface area contributed by atoms with Gasteiger partial charge >= 0.3 is 5.97 Å². The SMILES string of the molecule is COc1ccc(C/C=C/C(=O)O)c(OC)c1. The highest BCUT2D eigenvalue weighted by molar-refractivity contribution is 5.79. The smallest absolute Gasteiger partial charge is 0.327 e. The van der Waals surface area contributed by atoms with Crippen molar-refractivity contribution in [1.29, 1.82) is 0 Å². The van der Waals surface area contributed by atoms with E-state index in [0.717, 1.165) is 11.6 Å². The molecule has 0 fully saturated rings. The molecule has 1 aromatic rings. The van der Waals surface area contributed by atoms with Gasteiger partial charge in [-0.3, -0.25) is 0 Å². The molecule has 4 nitrogen and oxygen atoms in total. The monoisotopic (exact) mass is 222 g/mol. The lowest BCUT2D eigenvalue weighted by Gasteiger charge is -2.08. The summed E-state index contributed by atoms with van der Waals surface area (Å²) < 4.78 is 10.2. The third-order valence-corrected chi connectivity index (χ3v) is 2.09. The quantitative estimate of drug-likeness (QED) is 0.773. The molecule has 0 radical (unpaired) electrons. The highest BCUT2D eigenvalue weighted by atomic mass is 16.5. The third-order valence-electron chi connectivity index (χ3n) is 2.09. The largest absolute Gasteiger partial charge is 0.497 e. The van der Waals surface area contributed by atoms with Gasteiger partial charge < -0.3 is 14.6 Å². The topological polar surface area (TPSA) is 55.8 Å². The lowest BCUT2D eigenvalue weighted by Crippen LogP contribution is -1.93. The summed E-state index contributed by atoms with van der Waals surface area (Å²) in [6, 6.07) is 5.43. The summed E-state index contributed by atoms with van der Waals surface area (Å²) >= 11 is 0. The number of hydrogen-bond donors (Lipinski definition) is 1. The van der Waals surface area contributed by atoms with Crippen molar-refractivity contribution in [3.05, 3.63) is 35.9 Å². The van der Waals surface area contributed by atoms with Gasteiger partial charge in [-0.25, -0.2) is 4.79 Å². The zero-order valence-electron chi connectivity index (χ0n) is 9.27. The number of carbonyl (C=O) groups is 1. The molecule has 86 valence electrons. The number of ether oxygens (including phenoxy) is 2. The predicted molar refractivity (Wildman–Crippen MR) is 60.0 cm³/mol. The molecule has 0 aromatic heterocycles. The van der Waals surface area contributed by atoms with Gasteiger partial charge in [0.05, 0.1) is 14.2 Å². The molecule has 0 atom stereocenters. The van der Waals surface area contributed by atoms with E-state index in [1.807, 2.05) is 12.1 Å². The fraction of sp³-hybridized carbons (Fsp3) is 0.250. The van der Waals surface area contributed by atoms with E-state index >= 15 is 0 Å². The number of benzene rings is 1. The van der Waals surface area contributed by atoms with E-state index in [-0.39, 0.29) is 0 Å². The van der Waals surface area contributed by atoms with Crippen molar-refractivity contribution >= 4 is 5.97 Å². The molecule has 0 saturated heterocycles. The molecular formula is C12H14O4. The van der Waals surface area contributed by atoms with Crippen LogP contribution < -0.4 is 9.47 Å². The standard InChI is InChI=1S/C12H14O4/c1-15-10-7-6-9(11(8-10)16-2)4-3-5-12(13)14/h3,5-8H,4H2,1-2H3,(H,13,14)/b5-3+. The van der Waals surface area contributed by atoms with Crippen LogP contribution in [0.4, 0.5) is 0 Å². The predicted octanol–water partition coefficient (Wildman–Crippen LogP) is 1.89. The number of carboxylic acids is 1. The number of hydrogen-bond acceptors (Lipinski definition) is 3. The second-order valence-electron chi connectivity index (χ2n) is 3.12. The molecule has 0 aliphatic carbocycles. The number of carboxylic acid groups (broad SMARTS) is 1. The summed E-state index contributed by atoms with van der Waals surface area (Å²) in [5.74, 6) is 0.449. The Hall–Kier alpha value is -1.97. The van der Waals surface area contributed by atoms with E-state index < -0.39 is 5.97 Å². The summed E-state index contributed by atoms with van der Waals surface area (Å²) in [4.78, 5) is 10.3. The first-order valence-electron chi connectivity index (χ1n) is 4.77. The zero-order chi connectivity index (χ0) is 12.0. The van der Waals surface area contributed by atoms with Crippen LogP contribution in [0.3, 0.4) is 0 Å². The molecule has 0 heterocycles. The van der Waals surface area contributed by atoms with Crippen molar-refractivity contribution < 1.29 is 19.4 Å². The van der Waals surface area contributed by atoms with Crippen LogP contribution in [-0.2, 0) is 11.2 Å². The molecule has 0 amide bonds. The van der Waals surface area contributed by atoms with Crippen LogP contribution in [0.25, 0.3) is 0 Å². The molecule has 16 heavy (non-hydrogen) atoms. The second-order valence-corrected chi connectivity index (χ2v) is 3.12. The minimum absolute atomic E-state index is 0.513. The Bertz CT molecular complexity index is 396. The average Bonchev–Trinajstić information content (AvgIpc) is 2.29. The van der Waals surface area contributed by atoms with Crippen LogP contribution in [0, 0.1) is 0 Å². The first-order chi connectivity index (χ1) is 7.67. The third kappa shape index (κ3) is 3.31. The number of allylic oxidation sites excluding steroid dienone is 1. The van der Waals surface area contributed by atoms with Crippen LogP contribution >= 0.6 is 0 Å². The van der Waals surface area contributed by atoms with Crippen LogP contribution in [0.1, 0.15) is 5.56 Å². The van der Waals surface area contributed by atoms with Gasteiger partial charge in [0.2, 0.25) is 0 Å². The van der Waals surface area contributed by atoms with E-state index in [1.165, 1.54) is 0 Å². The summed E-state index contributed by atoms with van der Waals surface area (Å²) in [6.45, 7) is 0. The van der Waals surface area contributed by atoms with Crippen molar-refractivity contribution in [2.24, 2.45) is 0 Å². The maximum atomic E-state index is 10.3. The van der Waals surface area contributed by atoms with Crippen LogP contribution in [0.5, 0.6) is 11.5 Å². The van der Waals surface area contributed by atoms with E-state index in [2.05, 4.69) is 0 Å². The molecular weight excluding hydrogens is 208 g/mol. The molecule has 4 heteroatoms. The maximum absolute atomic E-state index is 10.3. The van der Waals surface area contributed by atoms with Gasteiger partial charge in [-0.2, -0.15) is 0 Å². The van der Waals surface area contributed by atoms with Crippen LogP contribution in [0.15, 0.2) is 30.4 Å².